The van der Waals surface area contributed by atoms with E-state index in [9.17, 15) is 13.2 Å². The lowest BCUT2D eigenvalue weighted by Gasteiger charge is -2.10. The van der Waals surface area contributed by atoms with Crippen LogP contribution in [0.5, 0.6) is 5.75 Å². The first-order valence-corrected chi connectivity index (χ1v) is 6.62. The van der Waals surface area contributed by atoms with E-state index in [1.807, 2.05) is 0 Å². The van der Waals surface area contributed by atoms with Crippen molar-refractivity contribution in [2.75, 3.05) is 5.73 Å². The van der Waals surface area contributed by atoms with Crippen LogP contribution in [-0.2, 0) is 0 Å². The minimum atomic E-state index is -3.10. The van der Waals surface area contributed by atoms with E-state index in [-0.39, 0.29) is 5.69 Å². The van der Waals surface area contributed by atoms with Gasteiger partial charge in [0.05, 0.1) is 0 Å². The molecule has 2 nitrogen and oxygen atoms in total. The summed E-state index contributed by atoms with van der Waals surface area (Å²) in [6, 6.07) is 8.98. The lowest BCUT2D eigenvalue weighted by molar-refractivity contribution is -0.0523. The molecular weight excluding hydrogens is 311 g/mol. The summed E-state index contributed by atoms with van der Waals surface area (Å²) in [5.41, 5.74) is 5.80. The number of halogens is 4. The molecule has 0 unspecified atom stereocenters. The van der Waals surface area contributed by atoms with E-state index in [1.165, 1.54) is 11.8 Å². The molecule has 0 amide bonds. The Labute approximate surface area is 122 Å². The van der Waals surface area contributed by atoms with Crippen molar-refractivity contribution < 1.29 is 17.9 Å². The van der Waals surface area contributed by atoms with Gasteiger partial charge in [0.15, 0.2) is 11.6 Å². The highest BCUT2D eigenvalue weighted by Crippen LogP contribution is 2.37. The number of nitrogens with two attached hydrogens (primary N) is 1. The van der Waals surface area contributed by atoms with Crippen molar-refractivity contribution in [2.45, 2.75) is 16.4 Å². The highest BCUT2D eigenvalue weighted by molar-refractivity contribution is 7.99. The van der Waals surface area contributed by atoms with Crippen LogP contribution in [0.2, 0.25) is 5.02 Å². The number of alkyl halides is 2. The lowest BCUT2D eigenvalue weighted by Crippen LogP contribution is -2.04. The molecule has 0 aliphatic rings. The summed E-state index contributed by atoms with van der Waals surface area (Å²) in [5, 5.41) is 0.528. The molecule has 2 rings (SSSR count). The average molecular weight is 320 g/mol. The molecule has 0 saturated heterocycles. The van der Waals surface area contributed by atoms with Gasteiger partial charge in [0.1, 0.15) is 0 Å². The summed E-state index contributed by atoms with van der Waals surface area (Å²) in [6.07, 6.45) is 0. The van der Waals surface area contributed by atoms with Gasteiger partial charge in [0, 0.05) is 26.6 Å². The van der Waals surface area contributed by atoms with Crippen molar-refractivity contribution in [3.8, 4) is 5.75 Å². The van der Waals surface area contributed by atoms with Crippen molar-refractivity contribution in [3.63, 3.8) is 0 Å². The van der Waals surface area contributed by atoms with Crippen LogP contribution in [0.3, 0.4) is 0 Å². The topological polar surface area (TPSA) is 35.2 Å². The monoisotopic (exact) mass is 319 g/mol. The van der Waals surface area contributed by atoms with Crippen LogP contribution in [-0.4, -0.2) is 6.61 Å². The van der Waals surface area contributed by atoms with Gasteiger partial charge < -0.3 is 10.5 Å². The number of hydrogen-bond donors (Lipinski definition) is 1. The molecule has 2 aromatic rings. The van der Waals surface area contributed by atoms with Crippen LogP contribution in [0, 0.1) is 5.82 Å². The van der Waals surface area contributed by atoms with Crippen LogP contribution < -0.4 is 10.5 Å². The van der Waals surface area contributed by atoms with Crippen LogP contribution in [0.15, 0.2) is 46.2 Å². The molecule has 2 aromatic carbocycles. The maximum absolute atomic E-state index is 13.4. The van der Waals surface area contributed by atoms with Gasteiger partial charge in [0.2, 0.25) is 0 Å². The minimum Gasteiger partial charge on any atom is -0.432 e. The zero-order valence-corrected chi connectivity index (χ0v) is 11.5. The number of anilines is 1. The summed E-state index contributed by atoms with van der Waals surface area (Å²) in [4.78, 5) is 1.16. The van der Waals surface area contributed by atoms with Gasteiger partial charge in [-0.25, -0.2) is 4.39 Å². The Morgan fingerprint density at radius 3 is 2.60 bits per heavy atom. The number of ether oxygens (including phenoxy) is 1. The van der Waals surface area contributed by atoms with Crippen LogP contribution in [0.1, 0.15) is 0 Å². The van der Waals surface area contributed by atoms with Crippen molar-refractivity contribution in [1.29, 1.82) is 0 Å². The molecule has 0 aliphatic carbocycles. The van der Waals surface area contributed by atoms with Gasteiger partial charge in [-0.15, -0.1) is 0 Å². The summed E-state index contributed by atoms with van der Waals surface area (Å²) in [6.45, 7) is -3.10. The maximum atomic E-state index is 13.4. The first-order valence-electron chi connectivity index (χ1n) is 5.43. The van der Waals surface area contributed by atoms with E-state index in [1.54, 1.807) is 24.3 Å². The minimum absolute atomic E-state index is 0.133. The van der Waals surface area contributed by atoms with E-state index in [0.29, 0.717) is 9.92 Å². The third kappa shape index (κ3) is 3.74. The molecule has 0 fully saturated rings. The van der Waals surface area contributed by atoms with Crippen molar-refractivity contribution in [3.05, 3.63) is 47.2 Å². The van der Waals surface area contributed by atoms with Crippen molar-refractivity contribution in [1.82, 2.24) is 0 Å². The average Bonchev–Trinajstić information content (AvgIpc) is 2.34. The normalized spacial score (nSPS) is 10.8. The first-order chi connectivity index (χ1) is 9.45. The highest BCUT2D eigenvalue weighted by atomic mass is 35.5. The van der Waals surface area contributed by atoms with Gasteiger partial charge in [-0.2, -0.15) is 8.78 Å². The Morgan fingerprint density at radius 1 is 1.20 bits per heavy atom. The van der Waals surface area contributed by atoms with Crippen molar-refractivity contribution >= 4 is 29.1 Å². The third-order valence-electron chi connectivity index (χ3n) is 2.30. The van der Waals surface area contributed by atoms with E-state index in [4.69, 9.17) is 17.3 Å². The molecule has 0 atom stereocenters. The van der Waals surface area contributed by atoms with Gasteiger partial charge in [0.25, 0.3) is 0 Å². The Hall–Kier alpha value is -1.53. The van der Waals surface area contributed by atoms with Crippen LogP contribution in [0.25, 0.3) is 0 Å². The number of benzene rings is 2. The molecule has 106 valence electrons. The molecule has 0 radical (unpaired) electrons. The Balaban J connectivity index is 2.31. The van der Waals surface area contributed by atoms with E-state index in [0.717, 1.165) is 17.0 Å². The van der Waals surface area contributed by atoms with Gasteiger partial charge in [-0.05, 0) is 24.3 Å². The van der Waals surface area contributed by atoms with Gasteiger partial charge in [-0.1, -0.05) is 29.4 Å². The molecule has 0 bridgehead atoms. The summed E-state index contributed by atoms with van der Waals surface area (Å²) >= 11 is 7.03. The summed E-state index contributed by atoms with van der Waals surface area (Å²) in [7, 11) is 0. The van der Waals surface area contributed by atoms with Crippen LogP contribution >= 0.6 is 23.4 Å². The Morgan fingerprint density at radius 2 is 1.95 bits per heavy atom. The van der Waals surface area contributed by atoms with E-state index >= 15 is 0 Å². The third-order valence-corrected chi connectivity index (χ3v) is 3.60. The quantitative estimate of drug-likeness (QED) is 0.821. The van der Waals surface area contributed by atoms with Gasteiger partial charge >= 0.3 is 6.61 Å². The second-order valence-corrected chi connectivity index (χ2v) is 5.31. The highest BCUT2D eigenvalue weighted by Gasteiger charge is 2.14. The predicted octanol–water partition coefficient (Wildman–Crippen LogP) is 4.81. The SMILES string of the molecule is Nc1cc(F)c(OC(F)F)cc1Sc1cccc(Cl)c1. The zero-order valence-electron chi connectivity index (χ0n) is 9.95. The molecule has 0 aromatic heterocycles. The second-order valence-electron chi connectivity index (χ2n) is 3.76. The number of hydrogen-bond acceptors (Lipinski definition) is 3. The first kappa shape index (κ1) is 14.9. The maximum Gasteiger partial charge on any atom is 0.387 e. The fourth-order valence-electron chi connectivity index (χ4n) is 1.48. The smallest absolute Gasteiger partial charge is 0.387 e. The molecule has 0 saturated carbocycles. The molecule has 7 heteroatoms. The fraction of sp³-hybridized carbons (Fsp3) is 0.0769. The molecule has 20 heavy (non-hydrogen) atoms. The lowest BCUT2D eigenvalue weighted by atomic mass is 10.3. The Kier molecular flexibility index (Phi) is 4.67. The molecule has 0 aliphatic heterocycles. The predicted molar refractivity (Wildman–Crippen MR) is 73.0 cm³/mol. The van der Waals surface area contributed by atoms with E-state index < -0.39 is 18.2 Å². The second kappa shape index (κ2) is 6.28. The standard InChI is InChI=1S/C13H9ClF3NOS/c14-7-2-1-3-8(4-7)20-12-6-11(19-13(16)17)9(15)5-10(12)18/h1-6,13H,18H2. The largest absolute Gasteiger partial charge is 0.432 e. The molecule has 2 N–H and O–H groups in total. The van der Waals surface area contributed by atoms with Gasteiger partial charge in [-0.3, -0.25) is 0 Å². The molecule has 0 spiro atoms. The Bertz CT molecular complexity index is 625. The van der Waals surface area contributed by atoms with Crippen LogP contribution in [0.4, 0.5) is 18.9 Å². The van der Waals surface area contributed by atoms with Crippen molar-refractivity contribution in [2.24, 2.45) is 0 Å². The summed E-state index contributed by atoms with van der Waals surface area (Å²) < 4.78 is 41.9. The fourth-order valence-corrected chi connectivity index (χ4v) is 2.67. The zero-order chi connectivity index (χ0) is 14.7. The van der Waals surface area contributed by atoms with E-state index in [2.05, 4.69) is 4.74 Å². The number of nitrogen functional groups attached to an aromatic ring is 1. The molecular formula is C13H9ClF3NOS. The molecule has 0 heterocycles. The summed E-state index contributed by atoms with van der Waals surface area (Å²) in [5.74, 6) is -1.48. The number of rotatable bonds is 4.